The molecule has 7 heterocycles. The number of halogens is 2. The SMILES string of the molecule is CC(C)(O)c1ccc(-c2ccnc(C(=O)O)c2)cn1.CC(C)(O)c1ccc(Br)cn1.CC(C)OC(=O)c1cc(B(O)O)ccn1.CC(C)OC(=O)c1cc(Cl)ccn1.CC1(C)OB(B2OC(C)(C)C(C)(C)O2)OC1(C)C. The fourth-order valence-corrected chi connectivity index (χ4v) is 6.57. The zero-order chi connectivity index (χ0) is 57.8. The van der Waals surface area contributed by atoms with Crippen LogP contribution in [0.2, 0.25) is 5.02 Å². The van der Waals surface area contributed by atoms with Crippen molar-refractivity contribution in [2.45, 2.75) is 157 Å². The molecule has 19 nitrogen and oxygen atoms in total. The van der Waals surface area contributed by atoms with E-state index < -0.39 is 50.2 Å². The molecular weight excluding hydrogens is 1070 g/mol. The van der Waals surface area contributed by atoms with Gasteiger partial charge in [0, 0.05) is 46.0 Å². The third kappa shape index (κ3) is 19.7. The van der Waals surface area contributed by atoms with E-state index in [0.29, 0.717) is 16.4 Å². The lowest BCUT2D eigenvalue weighted by Gasteiger charge is -2.32. The Hall–Kier alpha value is -5.20. The Bertz CT molecular complexity index is 2640. The standard InChI is InChI=1S/C14H14N2O3.C12H24B2O4.C9H12BNO4.C9H10ClNO2.C8H10BrNO/c1-14(2,19)12-4-3-10(8-16-12)9-5-6-15-11(7-9)13(17)18;1-9(2)10(3,4)16-13(15-9)14-17-11(5,6)12(7,8)18-14;1-6(2)15-9(12)8-5-7(10(13)14)3-4-11-8;1-6(2)13-9(12)8-5-7(10)3-4-11-8;1-8(2,11)7-4-3-6(9)5-10-7/h3-8,19H,1-2H3,(H,17,18);1-8H3;3-6,13-14H,1-2H3;3-6H,1-2H3;3-5,11H,1-2H3. The molecule has 7 rings (SSSR count). The summed E-state index contributed by atoms with van der Waals surface area (Å²) in [5.74, 6) is -2.09. The highest BCUT2D eigenvalue weighted by atomic mass is 79.9. The number of ether oxygens (including phenoxy) is 2. The number of carboxylic acid groups (broad SMARTS) is 1. The molecule has 0 radical (unpaired) electrons. The number of aromatic carboxylic acids is 1. The number of pyridine rings is 5. The molecule has 0 atom stereocenters. The van der Waals surface area contributed by atoms with Gasteiger partial charge in [-0.3, -0.25) is 9.97 Å². The molecule has 76 heavy (non-hydrogen) atoms. The van der Waals surface area contributed by atoms with Crippen LogP contribution in [-0.4, -0.2) is 124 Å². The second-order valence-corrected chi connectivity index (χ2v) is 22.4. The first kappa shape index (κ1) is 65.1. The van der Waals surface area contributed by atoms with Crippen LogP contribution in [0.15, 0.2) is 96.1 Å². The number of esters is 2. The lowest BCUT2D eigenvalue weighted by atomic mass is 9.49. The van der Waals surface area contributed by atoms with E-state index in [1.165, 1.54) is 42.9 Å². The van der Waals surface area contributed by atoms with Gasteiger partial charge < -0.3 is 53.5 Å². The number of rotatable bonds is 10. The van der Waals surface area contributed by atoms with Gasteiger partial charge in [0.15, 0.2) is 0 Å². The van der Waals surface area contributed by atoms with Gasteiger partial charge >= 0.3 is 39.0 Å². The molecule has 2 fully saturated rings. The summed E-state index contributed by atoms with van der Waals surface area (Å²) in [6.07, 6.45) is 7.14. The number of carbonyl (C=O) groups excluding carboxylic acids is 2. The van der Waals surface area contributed by atoms with Crippen LogP contribution in [-0.2, 0) is 39.3 Å². The smallest absolute Gasteiger partial charge is 0.477 e. The van der Waals surface area contributed by atoms with Crippen LogP contribution in [0.25, 0.3) is 11.1 Å². The van der Waals surface area contributed by atoms with Crippen LogP contribution >= 0.6 is 27.5 Å². The molecule has 0 spiro atoms. The van der Waals surface area contributed by atoms with Crippen molar-refractivity contribution in [1.29, 1.82) is 0 Å². The minimum atomic E-state index is -1.61. The molecule has 2 aliphatic rings. The summed E-state index contributed by atoms with van der Waals surface area (Å²) >= 11 is 8.95. The molecule has 0 amide bonds. The van der Waals surface area contributed by atoms with Crippen molar-refractivity contribution >= 4 is 72.0 Å². The van der Waals surface area contributed by atoms with Crippen LogP contribution in [0.3, 0.4) is 0 Å². The quantitative estimate of drug-likeness (QED) is 0.0654. The zero-order valence-electron chi connectivity index (χ0n) is 45.9. The van der Waals surface area contributed by atoms with Crippen molar-refractivity contribution in [1.82, 2.24) is 24.9 Å². The van der Waals surface area contributed by atoms with Gasteiger partial charge in [-0.1, -0.05) is 17.7 Å². The van der Waals surface area contributed by atoms with Crippen molar-refractivity contribution in [3.63, 3.8) is 0 Å². The molecule has 2 saturated heterocycles. The van der Waals surface area contributed by atoms with Crippen LogP contribution in [0, 0.1) is 0 Å². The first-order chi connectivity index (χ1) is 34.9. The maximum Gasteiger partial charge on any atom is 0.488 e. The van der Waals surface area contributed by atoms with E-state index in [9.17, 15) is 24.6 Å². The fraction of sp³-hybridized carbons (Fsp3) is 0.462. The van der Waals surface area contributed by atoms with Gasteiger partial charge in [0.2, 0.25) is 0 Å². The van der Waals surface area contributed by atoms with Crippen molar-refractivity contribution in [3.05, 3.63) is 130 Å². The van der Waals surface area contributed by atoms with Gasteiger partial charge in [0.1, 0.15) is 28.3 Å². The van der Waals surface area contributed by atoms with Gasteiger partial charge in [0.25, 0.3) is 0 Å². The molecule has 410 valence electrons. The Balaban J connectivity index is 0.000000253. The Labute approximate surface area is 460 Å². The summed E-state index contributed by atoms with van der Waals surface area (Å²) in [5, 5.41) is 46.5. The summed E-state index contributed by atoms with van der Waals surface area (Å²) in [7, 11) is -2.56. The molecule has 0 aliphatic carbocycles. The summed E-state index contributed by atoms with van der Waals surface area (Å²) in [6.45, 7) is 30.0. The van der Waals surface area contributed by atoms with Gasteiger partial charge in [-0.05, 0) is 192 Å². The first-order valence-electron chi connectivity index (χ1n) is 24.2. The normalized spacial score (nSPS) is 15.8. The topological polar surface area (TPSA) is 272 Å². The van der Waals surface area contributed by atoms with E-state index in [1.807, 2.05) is 61.5 Å². The van der Waals surface area contributed by atoms with Gasteiger partial charge in [-0.2, -0.15) is 0 Å². The minimum absolute atomic E-state index is 0.0101. The average Bonchev–Trinajstić information content (AvgIpc) is 3.68. The Morgan fingerprint density at radius 2 is 1.00 bits per heavy atom. The lowest BCUT2D eigenvalue weighted by Crippen LogP contribution is -2.41. The third-order valence-electron chi connectivity index (χ3n) is 11.7. The number of carboxylic acids is 1. The maximum atomic E-state index is 11.4. The van der Waals surface area contributed by atoms with Gasteiger partial charge in [-0.25, -0.2) is 29.3 Å². The van der Waals surface area contributed by atoms with Gasteiger partial charge in [-0.15, -0.1) is 0 Å². The molecule has 2 aliphatic heterocycles. The molecule has 5 aromatic heterocycles. The molecule has 0 unspecified atom stereocenters. The molecular formula is C52H70B3BrClN5O14. The van der Waals surface area contributed by atoms with E-state index in [4.69, 9.17) is 54.8 Å². The number of aromatic nitrogens is 5. The number of hydrogen-bond donors (Lipinski definition) is 5. The number of aliphatic hydroxyl groups is 2. The summed E-state index contributed by atoms with van der Waals surface area (Å²) < 4.78 is 34.6. The van der Waals surface area contributed by atoms with Crippen LogP contribution < -0.4 is 5.46 Å². The van der Waals surface area contributed by atoms with Crippen molar-refractivity contribution in [2.24, 2.45) is 0 Å². The molecule has 0 bridgehead atoms. The van der Waals surface area contributed by atoms with Crippen LogP contribution in [0.1, 0.15) is 154 Å². The Kier molecular flexibility index (Phi) is 23.1. The predicted molar refractivity (Wildman–Crippen MR) is 293 cm³/mol. The Morgan fingerprint density at radius 3 is 1.37 bits per heavy atom. The highest BCUT2D eigenvalue weighted by Crippen LogP contribution is 2.43. The zero-order valence-corrected chi connectivity index (χ0v) is 48.3. The fourth-order valence-electron chi connectivity index (χ4n) is 6.18. The Morgan fingerprint density at radius 1 is 0.592 bits per heavy atom. The maximum absolute atomic E-state index is 11.4. The number of nitrogens with zero attached hydrogens (tertiary/aromatic N) is 5. The van der Waals surface area contributed by atoms with Crippen molar-refractivity contribution in [3.8, 4) is 11.1 Å². The lowest BCUT2D eigenvalue weighted by molar-refractivity contribution is 0.00578. The highest BCUT2D eigenvalue weighted by molar-refractivity contribution is 9.10. The van der Waals surface area contributed by atoms with E-state index in [1.54, 1.807) is 98.1 Å². The summed E-state index contributed by atoms with van der Waals surface area (Å²) in [4.78, 5) is 53.1. The molecule has 0 aromatic carbocycles. The van der Waals surface area contributed by atoms with E-state index in [-0.39, 0.29) is 57.2 Å². The number of hydrogen-bond acceptors (Lipinski definition) is 18. The van der Waals surface area contributed by atoms with Crippen molar-refractivity contribution in [2.75, 3.05) is 0 Å². The second-order valence-electron chi connectivity index (χ2n) is 21.0. The average molecular weight is 1140 g/mol. The monoisotopic (exact) mass is 1140 g/mol. The molecule has 5 N–H and O–H groups in total. The van der Waals surface area contributed by atoms with Crippen LogP contribution in [0.5, 0.6) is 0 Å². The van der Waals surface area contributed by atoms with E-state index in [2.05, 4.69) is 40.8 Å². The highest BCUT2D eigenvalue weighted by Gasteiger charge is 2.63. The van der Waals surface area contributed by atoms with Crippen molar-refractivity contribution < 1.29 is 67.8 Å². The van der Waals surface area contributed by atoms with Gasteiger partial charge in [0.05, 0.1) is 46.0 Å². The molecule has 5 aromatic rings. The van der Waals surface area contributed by atoms with E-state index >= 15 is 0 Å². The number of carbonyl (C=O) groups is 3. The first-order valence-corrected chi connectivity index (χ1v) is 25.3. The molecule has 0 saturated carbocycles. The largest absolute Gasteiger partial charge is 0.488 e. The van der Waals surface area contributed by atoms with Crippen LogP contribution in [0.4, 0.5) is 0 Å². The summed E-state index contributed by atoms with van der Waals surface area (Å²) in [6, 6.07) is 16.2. The second kappa shape index (κ2) is 26.9. The van der Waals surface area contributed by atoms with E-state index in [0.717, 1.165) is 15.6 Å². The molecule has 24 heteroatoms. The predicted octanol–water partition coefficient (Wildman–Crippen LogP) is 8.02. The summed E-state index contributed by atoms with van der Waals surface area (Å²) in [5.41, 5.74) is -0.0424. The minimum Gasteiger partial charge on any atom is -0.477 e. The third-order valence-corrected chi connectivity index (χ3v) is 12.4.